The molecule has 1 aromatic heterocycles. The number of H-pyrrole nitrogens is 2. The average molecular weight is 354 g/mol. The zero-order valence-corrected chi connectivity index (χ0v) is 12.9. The molecular weight excluding hydrogens is 338 g/mol. The molecule has 0 atom stereocenters. The number of carbonyl (C=O) groups excluding carboxylic acids is 1. The van der Waals surface area contributed by atoms with Gasteiger partial charge in [-0.25, -0.2) is 4.79 Å². The van der Waals surface area contributed by atoms with Crippen LogP contribution >= 0.6 is 15.9 Å². The van der Waals surface area contributed by atoms with E-state index in [-0.39, 0.29) is 11.6 Å². The van der Waals surface area contributed by atoms with Crippen LogP contribution in [0.2, 0.25) is 0 Å². The molecule has 0 spiro atoms. The molecule has 0 aliphatic carbocycles. The molecule has 2 aromatic rings. The van der Waals surface area contributed by atoms with Crippen molar-refractivity contribution >= 4 is 38.6 Å². The number of benzene rings is 1. The Morgan fingerprint density at radius 2 is 1.90 bits per heavy atom. The second kappa shape index (κ2) is 6.00. The van der Waals surface area contributed by atoms with E-state index in [0.29, 0.717) is 23.3 Å². The number of hydrogen-bond donors (Lipinski definition) is 4. The van der Waals surface area contributed by atoms with E-state index in [0.717, 1.165) is 30.7 Å². The second-order valence-electron chi connectivity index (χ2n) is 5.03. The zero-order chi connectivity index (χ0) is 14.8. The van der Waals surface area contributed by atoms with Crippen molar-refractivity contribution in [3.63, 3.8) is 0 Å². The first-order valence-electron chi connectivity index (χ1n) is 6.76. The van der Waals surface area contributed by atoms with Crippen LogP contribution in [0.1, 0.15) is 0 Å². The molecule has 1 aliphatic heterocycles. The number of carbonyl (C=O) groups is 1. The van der Waals surface area contributed by atoms with Crippen LogP contribution in [0, 0.1) is 0 Å². The summed E-state index contributed by atoms with van der Waals surface area (Å²) in [6, 6.07) is 3.51. The van der Waals surface area contributed by atoms with Gasteiger partial charge in [-0.2, -0.15) is 0 Å². The molecule has 1 aliphatic rings. The third kappa shape index (κ3) is 3.34. The van der Waals surface area contributed by atoms with Gasteiger partial charge in [-0.1, -0.05) is 0 Å². The molecule has 21 heavy (non-hydrogen) atoms. The number of fused-ring (bicyclic) bond motifs is 1. The van der Waals surface area contributed by atoms with Gasteiger partial charge in [0.15, 0.2) is 0 Å². The standard InChI is InChI=1S/C13H16BrN5O2/c14-8-5-10-11(18-13(21)17-10)6-9(8)16-12(20)7-19-3-1-15-2-4-19/h5-6,15H,1-4,7H2,(H,16,20)(H2,17,18,21). The largest absolute Gasteiger partial charge is 0.324 e. The lowest BCUT2D eigenvalue weighted by molar-refractivity contribution is -0.117. The highest BCUT2D eigenvalue weighted by Gasteiger charge is 2.15. The first kappa shape index (κ1) is 14.3. The van der Waals surface area contributed by atoms with Crippen LogP contribution < -0.4 is 16.3 Å². The molecule has 2 heterocycles. The Labute approximate surface area is 129 Å². The van der Waals surface area contributed by atoms with Gasteiger partial charge in [0.2, 0.25) is 5.91 Å². The fourth-order valence-corrected chi connectivity index (χ4v) is 2.86. The van der Waals surface area contributed by atoms with Gasteiger partial charge >= 0.3 is 5.69 Å². The molecule has 0 bridgehead atoms. The lowest BCUT2D eigenvalue weighted by atomic mass is 10.2. The van der Waals surface area contributed by atoms with Crippen molar-refractivity contribution in [2.24, 2.45) is 0 Å². The fraction of sp³-hybridized carbons (Fsp3) is 0.385. The first-order valence-corrected chi connectivity index (χ1v) is 7.55. The number of rotatable bonds is 3. The van der Waals surface area contributed by atoms with Crippen LogP contribution in [-0.4, -0.2) is 53.5 Å². The maximum atomic E-state index is 12.1. The topological polar surface area (TPSA) is 93.0 Å². The van der Waals surface area contributed by atoms with Crippen molar-refractivity contribution < 1.29 is 4.79 Å². The van der Waals surface area contributed by atoms with Crippen molar-refractivity contribution in [2.45, 2.75) is 0 Å². The Balaban J connectivity index is 1.72. The van der Waals surface area contributed by atoms with Crippen molar-refractivity contribution in [3.8, 4) is 0 Å². The Morgan fingerprint density at radius 1 is 1.24 bits per heavy atom. The third-order valence-corrected chi connectivity index (χ3v) is 4.11. The van der Waals surface area contributed by atoms with E-state index in [9.17, 15) is 9.59 Å². The van der Waals surface area contributed by atoms with E-state index in [1.807, 2.05) is 0 Å². The lowest BCUT2D eigenvalue weighted by Gasteiger charge is -2.26. The highest BCUT2D eigenvalue weighted by Crippen LogP contribution is 2.26. The maximum Gasteiger partial charge on any atom is 0.323 e. The van der Waals surface area contributed by atoms with Gasteiger partial charge < -0.3 is 20.6 Å². The molecule has 0 unspecified atom stereocenters. The van der Waals surface area contributed by atoms with E-state index < -0.39 is 0 Å². The highest BCUT2D eigenvalue weighted by atomic mass is 79.9. The molecule has 1 saturated heterocycles. The molecule has 4 N–H and O–H groups in total. The van der Waals surface area contributed by atoms with Gasteiger partial charge in [0.1, 0.15) is 0 Å². The van der Waals surface area contributed by atoms with Gasteiger partial charge in [0.25, 0.3) is 0 Å². The number of aromatic nitrogens is 2. The van der Waals surface area contributed by atoms with Gasteiger partial charge in [0, 0.05) is 30.7 Å². The number of hydrogen-bond acceptors (Lipinski definition) is 4. The number of halogens is 1. The maximum absolute atomic E-state index is 12.1. The van der Waals surface area contributed by atoms with E-state index in [4.69, 9.17) is 0 Å². The first-order chi connectivity index (χ1) is 10.1. The summed E-state index contributed by atoms with van der Waals surface area (Å²) in [6.07, 6.45) is 0. The molecule has 112 valence electrons. The zero-order valence-electron chi connectivity index (χ0n) is 11.3. The van der Waals surface area contributed by atoms with Crippen LogP contribution in [0.3, 0.4) is 0 Å². The number of piperazine rings is 1. The SMILES string of the molecule is O=C(CN1CCNCC1)Nc1cc2[nH]c(=O)[nH]c2cc1Br. The fourth-order valence-electron chi connectivity index (χ4n) is 2.41. The van der Waals surface area contributed by atoms with Gasteiger partial charge in [0.05, 0.1) is 23.3 Å². The smallest absolute Gasteiger partial charge is 0.323 e. The summed E-state index contributed by atoms with van der Waals surface area (Å²) in [5.74, 6) is -0.0603. The number of imidazole rings is 1. The van der Waals surface area contributed by atoms with Crippen LogP contribution in [-0.2, 0) is 4.79 Å². The number of nitrogens with zero attached hydrogens (tertiary/aromatic N) is 1. The molecule has 0 saturated carbocycles. The average Bonchev–Trinajstić information content (AvgIpc) is 2.79. The summed E-state index contributed by atoms with van der Waals surface area (Å²) >= 11 is 3.41. The second-order valence-corrected chi connectivity index (χ2v) is 5.89. The summed E-state index contributed by atoms with van der Waals surface area (Å²) in [5.41, 5.74) is 1.76. The van der Waals surface area contributed by atoms with Crippen LogP contribution in [0.25, 0.3) is 11.0 Å². The monoisotopic (exact) mass is 353 g/mol. The Morgan fingerprint density at radius 3 is 2.62 bits per heavy atom. The molecular formula is C13H16BrN5O2. The van der Waals surface area contributed by atoms with Crippen LogP contribution in [0.15, 0.2) is 21.4 Å². The van der Waals surface area contributed by atoms with Crippen molar-refractivity contribution in [1.29, 1.82) is 0 Å². The summed E-state index contributed by atoms with van der Waals surface area (Å²) in [6.45, 7) is 3.94. The predicted molar refractivity (Wildman–Crippen MR) is 84.6 cm³/mol. The van der Waals surface area contributed by atoms with Crippen LogP contribution in [0.5, 0.6) is 0 Å². The highest BCUT2D eigenvalue weighted by molar-refractivity contribution is 9.10. The van der Waals surface area contributed by atoms with Crippen molar-refractivity contribution in [3.05, 3.63) is 27.1 Å². The van der Waals surface area contributed by atoms with E-state index in [1.54, 1.807) is 12.1 Å². The Hall–Kier alpha value is -1.64. The quantitative estimate of drug-likeness (QED) is 0.645. The number of aromatic amines is 2. The minimum Gasteiger partial charge on any atom is -0.324 e. The summed E-state index contributed by atoms with van der Waals surface area (Å²) in [4.78, 5) is 30.8. The molecule has 1 fully saturated rings. The van der Waals surface area contributed by atoms with Crippen LogP contribution in [0.4, 0.5) is 5.69 Å². The summed E-state index contributed by atoms with van der Waals surface area (Å²) < 4.78 is 0.735. The number of nitrogens with one attached hydrogen (secondary N) is 4. The predicted octanol–water partition coefficient (Wildman–Crippen LogP) is 0.462. The lowest BCUT2D eigenvalue weighted by Crippen LogP contribution is -2.46. The van der Waals surface area contributed by atoms with Crippen molar-refractivity contribution in [1.82, 2.24) is 20.2 Å². The molecule has 3 rings (SSSR count). The van der Waals surface area contributed by atoms with Gasteiger partial charge in [-0.05, 0) is 28.1 Å². The molecule has 1 amide bonds. The normalized spacial score (nSPS) is 16.2. The summed E-state index contributed by atoms with van der Waals surface area (Å²) in [7, 11) is 0. The Bertz CT molecular complexity index is 717. The third-order valence-electron chi connectivity index (χ3n) is 3.45. The minimum absolute atomic E-state index is 0.0603. The van der Waals surface area contributed by atoms with Crippen molar-refractivity contribution in [2.75, 3.05) is 38.0 Å². The molecule has 0 radical (unpaired) electrons. The van der Waals surface area contributed by atoms with Gasteiger partial charge in [-0.3, -0.25) is 9.69 Å². The minimum atomic E-state index is -0.263. The molecule has 8 heteroatoms. The van der Waals surface area contributed by atoms with E-state index in [1.165, 1.54) is 0 Å². The molecule has 1 aromatic carbocycles. The van der Waals surface area contributed by atoms with E-state index in [2.05, 4.69) is 41.4 Å². The Kier molecular flexibility index (Phi) is 4.09. The number of amides is 1. The van der Waals surface area contributed by atoms with Gasteiger partial charge in [-0.15, -0.1) is 0 Å². The van der Waals surface area contributed by atoms with E-state index >= 15 is 0 Å². The number of anilines is 1. The summed E-state index contributed by atoms with van der Waals surface area (Å²) in [5, 5.41) is 6.13. The molecule has 7 nitrogen and oxygen atoms in total.